The minimum absolute atomic E-state index is 0.00470. The fourth-order valence-electron chi connectivity index (χ4n) is 2.61. The van der Waals surface area contributed by atoms with Crippen molar-refractivity contribution in [3.05, 3.63) is 41.7 Å². The Hall–Kier alpha value is -4.03. The number of tetrazole rings is 1. The first-order valence-electron chi connectivity index (χ1n) is 9.62. The van der Waals surface area contributed by atoms with E-state index in [9.17, 15) is 24.3 Å². The van der Waals surface area contributed by atoms with E-state index in [0.29, 0.717) is 0 Å². The first-order valence-corrected chi connectivity index (χ1v) is 9.62. The molecular formula is C19H24N6O7. The number of esters is 1. The highest BCUT2D eigenvalue weighted by atomic mass is 16.5. The highest BCUT2D eigenvalue weighted by Crippen LogP contribution is 2.04. The molecule has 2 atom stereocenters. The summed E-state index contributed by atoms with van der Waals surface area (Å²) in [6.45, 7) is 1.47. The summed E-state index contributed by atoms with van der Waals surface area (Å²) in [4.78, 5) is 46.9. The third-order valence-corrected chi connectivity index (χ3v) is 4.29. The van der Waals surface area contributed by atoms with Gasteiger partial charge in [-0.05, 0) is 29.3 Å². The summed E-state index contributed by atoms with van der Waals surface area (Å²) in [5.74, 6) is -2.22. The Morgan fingerprint density at radius 2 is 1.88 bits per heavy atom. The SMILES string of the molecule is COC(=O)[C@@H](C)NC(=O)Cc1nnnn1CC[C@H](NC(=O)OCc1ccccc1)C(=O)O. The van der Waals surface area contributed by atoms with Gasteiger partial charge in [0.15, 0.2) is 5.82 Å². The molecule has 0 saturated carbocycles. The Balaban J connectivity index is 1.87. The van der Waals surface area contributed by atoms with Gasteiger partial charge in [-0.3, -0.25) is 4.79 Å². The third kappa shape index (κ3) is 7.66. The van der Waals surface area contributed by atoms with Crippen molar-refractivity contribution in [1.29, 1.82) is 0 Å². The smallest absolute Gasteiger partial charge is 0.408 e. The van der Waals surface area contributed by atoms with E-state index in [1.807, 2.05) is 6.07 Å². The molecule has 2 rings (SSSR count). The van der Waals surface area contributed by atoms with E-state index >= 15 is 0 Å². The molecule has 32 heavy (non-hydrogen) atoms. The number of carbonyl (C=O) groups is 4. The van der Waals surface area contributed by atoms with E-state index in [-0.39, 0.29) is 31.8 Å². The number of amides is 2. The second kappa shape index (κ2) is 12.0. The summed E-state index contributed by atoms with van der Waals surface area (Å²) in [6.07, 6.45) is -1.18. The van der Waals surface area contributed by atoms with Crippen LogP contribution >= 0.6 is 0 Å². The first-order chi connectivity index (χ1) is 15.3. The lowest BCUT2D eigenvalue weighted by molar-refractivity contribution is -0.144. The second-order valence-electron chi connectivity index (χ2n) is 6.69. The van der Waals surface area contributed by atoms with Gasteiger partial charge < -0.3 is 25.2 Å². The average molecular weight is 448 g/mol. The van der Waals surface area contributed by atoms with Crippen LogP contribution in [0.15, 0.2) is 30.3 Å². The molecule has 2 aromatic rings. The van der Waals surface area contributed by atoms with Crippen LogP contribution in [0.3, 0.4) is 0 Å². The molecule has 3 N–H and O–H groups in total. The molecule has 1 aromatic heterocycles. The molecule has 0 aliphatic carbocycles. The summed E-state index contributed by atoms with van der Waals surface area (Å²) in [5, 5.41) is 25.1. The lowest BCUT2D eigenvalue weighted by atomic mass is 10.2. The molecule has 172 valence electrons. The van der Waals surface area contributed by atoms with Gasteiger partial charge in [-0.1, -0.05) is 30.3 Å². The number of alkyl carbamates (subject to hydrolysis) is 1. The molecular weight excluding hydrogens is 424 g/mol. The van der Waals surface area contributed by atoms with Crippen LogP contribution in [0, 0.1) is 0 Å². The van der Waals surface area contributed by atoms with E-state index in [1.165, 1.54) is 18.7 Å². The summed E-state index contributed by atoms with van der Waals surface area (Å²) in [5.41, 5.74) is 0.757. The van der Waals surface area contributed by atoms with Gasteiger partial charge in [0.05, 0.1) is 13.5 Å². The van der Waals surface area contributed by atoms with Crippen molar-refractivity contribution in [2.24, 2.45) is 0 Å². The summed E-state index contributed by atoms with van der Waals surface area (Å²) in [6, 6.07) is 6.82. The van der Waals surface area contributed by atoms with Crippen LogP contribution in [-0.2, 0) is 43.4 Å². The molecule has 13 nitrogen and oxygen atoms in total. The van der Waals surface area contributed by atoms with Gasteiger partial charge in [0.1, 0.15) is 18.7 Å². The molecule has 0 saturated heterocycles. The normalized spacial score (nSPS) is 12.3. The van der Waals surface area contributed by atoms with Crippen molar-refractivity contribution < 1.29 is 33.8 Å². The van der Waals surface area contributed by atoms with Gasteiger partial charge in [0.25, 0.3) is 0 Å². The van der Waals surface area contributed by atoms with Gasteiger partial charge in [0.2, 0.25) is 5.91 Å². The van der Waals surface area contributed by atoms with Crippen molar-refractivity contribution >= 4 is 23.9 Å². The van der Waals surface area contributed by atoms with Gasteiger partial charge in [-0.15, -0.1) is 5.10 Å². The molecule has 0 aliphatic rings. The monoisotopic (exact) mass is 448 g/mol. The summed E-state index contributed by atoms with van der Waals surface area (Å²) < 4.78 is 10.8. The zero-order chi connectivity index (χ0) is 23.5. The van der Waals surface area contributed by atoms with Gasteiger partial charge >= 0.3 is 18.0 Å². The molecule has 1 aromatic carbocycles. The maximum Gasteiger partial charge on any atom is 0.408 e. The number of carboxylic acid groups (broad SMARTS) is 1. The van der Waals surface area contributed by atoms with Crippen LogP contribution in [0.1, 0.15) is 24.7 Å². The highest BCUT2D eigenvalue weighted by molar-refractivity contribution is 5.84. The van der Waals surface area contributed by atoms with E-state index in [2.05, 4.69) is 30.9 Å². The number of nitrogens with zero attached hydrogens (tertiary/aromatic N) is 4. The standard InChI is InChI=1S/C19H24N6O7/c1-12(18(29)31-2)20-16(26)10-15-22-23-24-25(15)9-8-14(17(27)28)21-19(30)32-11-13-6-4-3-5-7-13/h3-7,12,14H,8-11H2,1-2H3,(H,20,26)(H,21,30)(H,27,28)/t12-,14+/m1/s1. The predicted molar refractivity (Wildman–Crippen MR) is 107 cm³/mol. The maximum absolute atomic E-state index is 12.1. The van der Waals surface area contributed by atoms with Crippen molar-refractivity contribution in [3.63, 3.8) is 0 Å². The largest absolute Gasteiger partial charge is 0.480 e. The number of aromatic nitrogens is 4. The second-order valence-corrected chi connectivity index (χ2v) is 6.69. The minimum atomic E-state index is -1.26. The Kier molecular flexibility index (Phi) is 9.07. The number of benzene rings is 1. The van der Waals surface area contributed by atoms with Crippen molar-refractivity contribution in [2.75, 3.05) is 7.11 Å². The van der Waals surface area contributed by atoms with Crippen LogP contribution in [0.2, 0.25) is 0 Å². The van der Waals surface area contributed by atoms with Crippen LogP contribution in [0.25, 0.3) is 0 Å². The lowest BCUT2D eigenvalue weighted by Gasteiger charge is -2.15. The molecule has 0 unspecified atom stereocenters. The van der Waals surface area contributed by atoms with Crippen LogP contribution < -0.4 is 10.6 Å². The molecule has 13 heteroatoms. The van der Waals surface area contributed by atoms with Gasteiger partial charge in [0, 0.05) is 6.54 Å². The quantitative estimate of drug-likeness (QED) is 0.386. The molecule has 0 aliphatic heterocycles. The molecule has 0 bridgehead atoms. The average Bonchev–Trinajstić information content (AvgIpc) is 3.21. The Morgan fingerprint density at radius 1 is 1.16 bits per heavy atom. The number of ether oxygens (including phenoxy) is 2. The zero-order valence-electron chi connectivity index (χ0n) is 17.6. The highest BCUT2D eigenvalue weighted by Gasteiger charge is 2.23. The third-order valence-electron chi connectivity index (χ3n) is 4.29. The van der Waals surface area contributed by atoms with Gasteiger partial charge in [-0.2, -0.15) is 0 Å². The number of carbonyl (C=O) groups excluding carboxylic acids is 3. The van der Waals surface area contributed by atoms with Crippen molar-refractivity contribution in [1.82, 2.24) is 30.8 Å². The number of hydrogen-bond donors (Lipinski definition) is 3. The molecule has 1 heterocycles. The van der Waals surface area contributed by atoms with Crippen LogP contribution in [-0.4, -0.2) is 68.4 Å². The number of nitrogens with one attached hydrogen (secondary N) is 2. The van der Waals surface area contributed by atoms with Crippen LogP contribution in [0.5, 0.6) is 0 Å². The van der Waals surface area contributed by atoms with Gasteiger partial charge in [-0.25, -0.2) is 19.1 Å². The summed E-state index contributed by atoms with van der Waals surface area (Å²) >= 11 is 0. The predicted octanol–water partition coefficient (Wildman–Crippen LogP) is -0.337. The topological polar surface area (TPSA) is 175 Å². The van der Waals surface area contributed by atoms with Crippen LogP contribution in [0.4, 0.5) is 4.79 Å². The summed E-state index contributed by atoms with van der Waals surface area (Å²) in [7, 11) is 1.20. The first kappa shape index (κ1) is 24.2. The molecule has 0 spiro atoms. The number of methoxy groups -OCH3 is 1. The van der Waals surface area contributed by atoms with E-state index in [1.54, 1.807) is 24.3 Å². The minimum Gasteiger partial charge on any atom is -0.480 e. The van der Waals surface area contributed by atoms with Crippen molar-refractivity contribution in [2.45, 2.75) is 45.0 Å². The maximum atomic E-state index is 12.1. The number of carboxylic acids is 1. The fourth-order valence-corrected chi connectivity index (χ4v) is 2.61. The number of hydrogen-bond acceptors (Lipinski definition) is 9. The Morgan fingerprint density at radius 3 is 2.53 bits per heavy atom. The van der Waals surface area contributed by atoms with E-state index < -0.39 is 36.0 Å². The molecule has 0 fully saturated rings. The Labute approximate surface area is 183 Å². The molecule has 2 amide bonds. The number of aryl methyl sites for hydroxylation is 1. The fraction of sp³-hybridized carbons (Fsp3) is 0.421. The number of aliphatic carboxylic acids is 1. The Bertz CT molecular complexity index is 933. The van der Waals surface area contributed by atoms with E-state index in [0.717, 1.165) is 5.56 Å². The number of rotatable bonds is 11. The zero-order valence-corrected chi connectivity index (χ0v) is 17.6. The van der Waals surface area contributed by atoms with Crippen molar-refractivity contribution in [3.8, 4) is 0 Å². The molecule has 0 radical (unpaired) electrons. The van der Waals surface area contributed by atoms with E-state index in [4.69, 9.17) is 4.74 Å². The lowest BCUT2D eigenvalue weighted by Crippen LogP contribution is -2.42.